The van der Waals surface area contributed by atoms with Gasteiger partial charge in [0.1, 0.15) is 5.82 Å². The summed E-state index contributed by atoms with van der Waals surface area (Å²) in [5, 5.41) is 8.78. The molecule has 2 N–H and O–H groups in total. The molecule has 0 amide bonds. The number of pyridine rings is 1. The first-order valence-corrected chi connectivity index (χ1v) is 5.23. The van der Waals surface area contributed by atoms with Crippen LogP contribution in [0.1, 0.15) is 5.69 Å². The fourth-order valence-corrected chi connectivity index (χ4v) is 1.74. The molecule has 0 saturated carbocycles. The molecule has 1 atom stereocenters. The van der Waals surface area contributed by atoms with E-state index in [1.807, 2.05) is 12.1 Å². The number of ether oxygens (including phenoxy) is 1. The highest BCUT2D eigenvalue weighted by molar-refractivity contribution is 5.28. The molecule has 5 nitrogen and oxygen atoms in total. The number of nitrogen functional groups attached to an aromatic ring is 1. The van der Waals surface area contributed by atoms with E-state index in [-0.39, 0.29) is 6.10 Å². The van der Waals surface area contributed by atoms with Crippen molar-refractivity contribution < 1.29 is 4.74 Å². The van der Waals surface area contributed by atoms with Crippen LogP contribution < -0.4 is 5.73 Å². The summed E-state index contributed by atoms with van der Waals surface area (Å²) >= 11 is 0. The fourth-order valence-electron chi connectivity index (χ4n) is 1.74. The predicted molar refractivity (Wildman–Crippen MR) is 59.3 cm³/mol. The molecule has 1 aromatic heterocycles. The third-order valence-electron chi connectivity index (χ3n) is 2.51. The third-order valence-corrected chi connectivity index (χ3v) is 2.51. The van der Waals surface area contributed by atoms with Crippen LogP contribution in [-0.4, -0.2) is 35.7 Å². The van der Waals surface area contributed by atoms with Gasteiger partial charge in [0.2, 0.25) is 0 Å². The van der Waals surface area contributed by atoms with Gasteiger partial charge in [0, 0.05) is 19.6 Å². The molecule has 1 unspecified atom stereocenters. The summed E-state index contributed by atoms with van der Waals surface area (Å²) in [6.07, 6.45) is -0.324. The minimum atomic E-state index is -0.324. The monoisotopic (exact) mass is 218 g/mol. The van der Waals surface area contributed by atoms with Crippen LogP contribution in [0.3, 0.4) is 0 Å². The molecule has 0 aromatic carbocycles. The van der Waals surface area contributed by atoms with Gasteiger partial charge in [-0.1, -0.05) is 6.07 Å². The molecular weight excluding hydrogens is 204 g/mol. The van der Waals surface area contributed by atoms with Crippen LogP contribution in [0.2, 0.25) is 0 Å². The lowest BCUT2D eigenvalue weighted by Gasteiger charge is -2.29. The van der Waals surface area contributed by atoms with Gasteiger partial charge in [-0.25, -0.2) is 4.98 Å². The number of nitriles is 1. The molecule has 2 rings (SSSR count). The van der Waals surface area contributed by atoms with Crippen LogP contribution >= 0.6 is 0 Å². The molecule has 1 aromatic rings. The van der Waals surface area contributed by atoms with Gasteiger partial charge in [0.05, 0.1) is 18.4 Å². The molecule has 2 heterocycles. The first-order chi connectivity index (χ1) is 7.78. The number of nitrogens with zero attached hydrogens (tertiary/aromatic N) is 3. The zero-order valence-electron chi connectivity index (χ0n) is 8.97. The summed E-state index contributed by atoms with van der Waals surface area (Å²) in [5.41, 5.74) is 6.54. The Balaban J connectivity index is 1.97. The van der Waals surface area contributed by atoms with Crippen LogP contribution in [-0.2, 0) is 11.3 Å². The van der Waals surface area contributed by atoms with Crippen molar-refractivity contribution in [1.82, 2.24) is 9.88 Å². The summed E-state index contributed by atoms with van der Waals surface area (Å²) < 4.78 is 5.27. The Morgan fingerprint density at radius 3 is 3.25 bits per heavy atom. The van der Waals surface area contributed by atoms with Crippen molar-refractivity contribution in [2.75, 3.05) is 25.4 Å². The van der Waals surface area contributed by atoms with E-state index < -0.39 is 0 Å². The topological polar surface area (TPSA) is 75.2 Å². The van der Waals surface area contributed by atoms with Crippen molar-refractivity contribution in [3.63, 3.8) is 0 Å². The second-order valence-corrected chi connectivity index (χ2v) is 3.78. The summed E-state index contributed by atoms with van der Waals surface area (Å²) in [7, 11) is 0. The summed E-state index contributed by atoms with van der Waals surface area (Å²) in [4.78, 5) is 6.38. The van der Waals surface area contributed by atoms with Crippen LogP contribution in [0.15, 0.2) is 18.2 Å². The molecule has 1 aliphatic heterocycles. The minimum Gasteiger partial charge on any atom is -0.384 e. The second-order valence-electron chi connectivity index (χ2n) is 3.78. The van der Waals surface area contributed by atoms with Crippen molar-refractivity contribution in [3.05, 3.63) is 23.9 Å². The van der Waals surface area contributed by atoms with Crippen LogP contribution in [0.5, 0.6) is 0 Å². The summed E-state index contributed by atoms with van der Waals surface area (Å²) in [6.45, 7) is 2.77. The average molecular weight is 218 g/mol. The zero-order valence-corrected chi connectivity index (χ0v) is 8.97. The SMILES string of the molecule is N#CC1CN(Cc2cccc(N)n2)CCO1. The number of aromatic nitrogens is 1. The molecule has 1 fully saturated rings. The highest BCUT2D eigenvalue weighted by Gasteiger charge is 2.19. The molecular formula is C11H14N4O. The zero-order chi connectivity index (χ0) is 11.4. The standard InChI is InChI=1S/C11H14N4O/c12-6-10-8-15(4-5-16-10)7-9-2-1-3-11(13)14-9/h1-3,10H,4-5,7-8H2,(H2,13,14). The van der Waals surface area contributed by atoms with Gasteiger partial charge in [-0.2, -0.15) is 5.26 Å². The van der Waals surface area contributed by atoms with Gasteiger partial charge in [-0.05, 0) is 12.1 Å². The van der Waals surface area contributed by atoms with Crippen molar-refractivity contribution >= 4 is 5.82 Å². The van der Waals surface area contributed by atoms with E-state index in [0.29, 0.717) is 25.5 Å². The molecule has 1 aliphatic rings. The Hall–Kier alpha value is -1.64. The second kappa shape index (κ2) is 4.92. The molecule has 0 spiro atoms. The van der Waals surface area contributed by atoms with Crippen LogP contribution in [0.25, 0.3) is 0 Å². The molecule has 1 saturated heterocycles. The van der Waals surface area contributed by atoms with E-state index in [1.54, 1.807) is 6.07 Å². The van der Waals surface area contributed by atoms with Gasteiger partial charge in [0.15, 0.2) is 6.10 Å². The number of hydrogen-bond donors (Lipinski definition) is 1. The number of hydrogen-bond acceptors (Lipinski definition) is 5. The van der Waals surface area contributed by atoms with Gasteiger partial charge in [-0.15, -0.1) is 0 Å². The van der Waals surface area contributed by atoms with E-state index in [0.717, 1.165) is 12.2 Å². The van der Waals surface area contributed by atoms with Crippen LogP contribution in [0, 0.1) is 11.3 Å². The van der Waals surface area contributed by atoms with Crippen molar-refractivity contribution in [1.29, 1.82) is 5.26 Å². The number of anilines is 1. The number of morpholine rings is 1. The van der Waals surface area contributed by atoms with E-state index in [1.165, 1.54) is 0 Å². The first-order valence-electron chi connectivity index (χ1n) is 5.23. The summed E-state index contributed by atoms with van der Waals surface area (Å²) in [6, 6.07) is 7.71. The lowest BCUT2D eigenvalue weighted by Crippen LogP contribution is -2.41. The maximum Gasteiger partial charge on any atom is 0.156 e. The van der Waals surface area contributed by atoms with E-state index in [9.17, 15) is 0 Å². The Kier molecular flexibility index (Phi) is 3.34. The average Bonchev–Trinajstić information content (AvgIpc) is 2.29. The Morgan fingerprint density at radius 2 is 2.50 bits per heavy atom. The molecule has 0 aliphatic carbocycles. The third kappa shape index (κ3) is 2.69. The van der Waals surface area contributed by atoms with Gasteiger partial charge in [-0.3, -0.25) is 4.90 Å². The molecule has 16 heavy (non-hydrogen) atoms. The lowest BCUT2D eigenvalue weighted by atomic mass is 10.2. The van der Waals surface area contributed by atoms with Gasteiger partial charge >= 0.3 is 0 Å². The summed E-state index contributed by atoms with van der Waals surface area (Å²) in [5.74, 6) is 0.530. The van der Waals surface area contributed by atoms with Crippen molar-refractivity contribution in [2.24, 2.45) is 0 Å². The Bertz CT molecular complexity index is 401. The lowest BCUT2D eigenvalue weighted by molar-refractivity contribution is -0.00310. The normalized spacial score (nSPS) is 21.6. The Morgan fingerprint density at radius 1 is 1.62 bits per heavy atom. The first kappa shape index (κ1) is 10.9. The smallest absolute Gasteiger partial charge is 0.156 e. The quantitative estimate of drug-likeness (QED) is 0.777. The minimum absolute atomic E-state index is 0.324. The van der Waals surface area contributed by atoms with Crippen LogP contribution in [0.4, 0.5) is 5.82 Å². The maximum atomic E-state index is 8.78. The van der Waals surface area contributed by atoms with E-state index in [2.05, 4.69) is 16.0 Å². The Labute approximate surface area is 94.4 Å². The molecule has 5 heteroatoms. The maximum absolute atomic E-state index is 8.78. The fraction of sp³-hybridized carbons (Fsp3) is 0.455. The number of nitrogens with two attached hydrogens (primary N) is 1. The molecule has 84 valence electrons. The van der Waals surface area contributed by atoms with E-state index in [4.69, 9.17) is 15.7 Å². The highest BCUT2D eigenvalue weighted by atomic mass is 16.5. The van der Waals surface area contributed by atoms with Gasteiger partial charge in [0.25, 0.3) is 0 Å². The van der Waals surface area contributed by atoms with Crippen molar-refractivity contribution in [2.45, 2.75) is 12.6 Å². The largest absolute Gasteiger partial charge is 0.384 e. The number of rotatable bonds is 2. The predicted octanol–water partition coefficient (Wildman–Crippen LogP) is 0.388. The molecule has 0 bridgehead atoms. The highest BCUT2D eigenvalue weighted by Crippen LogP contribution is 2.09. The van der Waals surface area contributed by atoms with E-state index >= 15 is 0 Å². The van der Waals surface area contributed by atoms with Gasteiger partial charge < -0.3 is 10.5 Å². The van der Waals surface area contributed by atoms with Crippen molar-refractivity contribution in [3.8, 4) is 6.07 Å². The molecule has 0 radical (unpaired) electrons.